The molecule has 2 rings (SSSR count). The van der Waals surface area contributed by atoms with Crippen molar-refractivity contribution in [1.82, 2.24) is 19.6 Å². The van der Waals surface area contributed by atoms with Crippen LogP contribution in [0.4, 0.5) is 0 Å². The largest absolute Gasteiger partial charge is 0.339 e. The van der Waals surface area contributed by atoms with Gasteiger partial charge < -0.3 is 31.1 Å². The summed E-state index contributed by atoms with van der Waals surface area (Å²) in [6.07, 6.45) is 0. The number of hydrogen-bond donors (Lipinski definition) is 2. The average Bonchev–Trinajstić information content (AvgIpc) is 2.65. The van der Waals surface area contributed by atoms with Gasteiger partial charge in [0.15, 0.2) is 0 Å². The molecule has 2 fully saturated rings. The molecule has 0 aromatic heterocycles. The summed E-state index contributed by atoms with van der Waals surface area (Å²) < 4.78 is 0. The lowest BCUT2D eigenvalue weighted by Crippen LogP contribution is -2.53. The van der Waals surface area contributed by atoms with Crippen molar-refractivity contribution in [2.75, 3.05) is 78.0 Å². The van der Waals surface area contributed by atoms with E-state index in [-0.39, 0.29) is 11.8 Å². The molecular weight excluding hydrogens is 372 g/mol. The molecule has 8 nitrogen and oxygen atoms in total. The minimum Gasteiger partial charge on any atom is -0.339 e. The van der Waals surface area contributed by atoms with Crippen LogP contribution in [0, 0.1) is 0 Å². The second-order valence-corrected chi connectivity index (χ2v) is 9.59. The number of hydrogen-bond acceptors (Lipinski definition) is 8. The van der Waals surface area contributed by atoms with Gasteiger partial charge in [0.2, 0.25) is 11.8 Å². The zero-order valence-corrected chi connectivity index (χ0v) is 17.4. The number of carbonyl (C=O) groups is 2. The van der Waals surface area contributed by atoms with Crippen LogP contribution in [0.15, 0.2) is 0 Å². The number of amides is 2. The van der Waals surface area contributed by atoms with Crippen LogP contribution in [0.25, 0.3) is 0 Å². The second-order valence-electron chi connectivity index (χ2n) is 7.04. The van der Waals surface area contributed by atoms with Gasteiger partial charge in [0, 0.05) is 63.9 Å². The highest BCUT2D eigenvalue weighted by atomic mass is 33.1. The summed E-state index contributed by atoms with van der Waals surface area (Å²) in [5.41, 5.74) is 12.1. The van der Waals surface area contributed by atoms with Gasteiger partial charge in [-0.2, -0.15) is 0 Å². The van der Waals surface area contributed by atoms with Crippen molar-refractivity contribution in [3.63, 3.8) is 0 Å². The number of likely N-dealkylation sites (N-methyl/N-ethyl adjacent to an activating group) is 2. The fourth-order valence-electron chi connectivity index (χ4n) is 2.91. The first kappa shape index (κ1) is 21.8. The molecule has 150 valence electrons. The molecule has 26 heavy (non-hydrogen) atoms. The zero-order chi connectivity index (χ0) is 19.1. The van der Waals surface area contributed by atoms with Crippen molar-refractivity contribution in [1.29, 1.82) is 0 Å². The first-order valence-corrected chi connectivity index (χ1v) is 11.6. The molecule has 2 aliphatic rings. The van der Waals surface area contributed by atoms with E-state index < -0.39 is 12.1 Å². The highest BCUT2D eigenvalue weighted by molar-refractivity contribution is 8.76. The monoisotopic (exact) mass is 404 g/mol. The predicted octanol–water partition coefficient (Wildman–Crippen LogP) is -1.43. The summed E-state index contributed by atoms with van der Waals surface area (Å²) >= 11 is 0. The quantitative estimate of drug-likeness (QED) is 0.394. The van der Waals surface area contributed by atoms with Crippen molar-refractivity contribution in [2.24, 2.45) is 11.5 Å². The van der Waals surface area contributed by atoms with Crippen molar-refractivity contribution >= 4 is 33.4 Å². The number of carbonyl (C=O) groups excluding carboxylic acids is 2. The van der Waals surface area contributed by atoms with Crippen LogP contribution in [-0.2, 0) is 9.59 Å². The molecule has 0 bridgehead atoms. The minimum atomic E-state index is -0.500. The fourth-order valence-corrected chi connectivity index (χ4v) is 5.14. The van der Waals surface area contributed by atoms with E-state index in [1.54, 1.807) is 0 Å². The van der Waals surface area contributed by atoms with Crippen molar-refractivity contribution in [3.05, 3.63) is 0 Å². The SMILES string of the molecule is CN1CCN(C(=O)[C@@H](N)CSSC[C@H](N)C(=O)N2CCN(C)CC2)CC1. The van der Waals surface area contributed by atoms with Gasteiger partial charge >= 0.3 is 0 Å². The molecule has 0 radical (unpaired) electrons. The molecule has 2 amide bonds. The Morgan fingerprint density at radius 3 is 1.35 bits per heavy atom. The molecule has 0 aliphatic carbocycles. The number of piperazine rings is 2. The third-order valence-corrected chi connectivity index (χ3v) is 7.32. The summed E-state index contributed by atoms with van der Waals surface area (Å²) in [5, 5.41) is 0. The summed E-state index contributed by atoms with van der Waals surface area (Å²) in [4.78, 5) is 32.8. The normalized spacial score (nSPS) is 22.3. The van der Waals surface area contributed by atoms with Crippen molar-refractivity contribution in [2.45, 2.75) is 12.1 Å². The highest BCUT2D eigenvalue weighted by Gasteiger charge is 2.26. The van der Waals surface area contributed by atoms with Gasteiger partial charge in [0.1, 0.15) is 0 Å². The van der Waals surface area contributed by atoms with E-state index >= 15 is 0 Å². The van der Waals surface area contributed by atoms with E-state index in [9.17, 15) is 9.59 Å². The van der Waals surface area contributed by atoms with Gasteiger partial charge in [-0.1, -0.05) is 21.6 Å². The number of nitrogens with zero attached hydrogens (tertiary/aromatic N) is 4. The van der Waals surface area contributed by atoms with Gasteiger partial charge in [-0.25, -0.2) is 0 Å². The highest BCUT2D eigenvalue weighted by Crippen LogP contribution is 2.23. The Morgan fingerprint density at radius 1 is 0.731 bits per heavy atom. The van der Waals surface area contributed by atoms with Gasteiger partial charge in [0.05, 0.1) is 12.1 Å². The molecular formula is C16H32N6O2S2. The Kier molecular flexibility index (Phi) is 8.98. The fraction of sp³-hybridized carbons (Fsp3) is 0.875. The molecule has 10 heteroatoms. The van der Waals surface area contributed by atoms with E-state index in [4.69, 9.17) is 11.5 Å². The summed E-state index contributed by atoms with van der Waals surface area (Å²) in [6.45, 7) is 6.54. The third-order valence-electron chi connectivity index (χ3n) is 4.84. The van der Waals surface area contributed by atoms with Crippen LogP contribution < -0.4 is 11.5 Å². The van der Waals surface area contributed by atoms with Crippen LogP contribution in [-0.4, -0.2) is 121 Å². The molecule has 0 aromatic carbocycles. The molecule has 0 spiro atoms. The summed E-state index contributed by atoms with van der Waals surface area (Å²) in [5.74, 6) is 1.10. The molecule has 2 heterocycles. The van der Waals surface area contributed by atoms with E-state index in [0.717, 1.165) is 52.4 Å². The van der Waals surface area contributed by atoms with Gasteiger partial charge in [-0.15, -0.1) is 0 Å². The van der Waals surface area contributed by atoms with Crippen LogP contribution in [0.5, 0.6) is 0 Å². The molecule has 0 aromatic rings. The molecule has 0 unspecified atom stereocenters. The van der Waals surface area contributed by atoms with Gasteiger partial charge in [-0.05, 0) is 14.1 Å². The predicted molar refractivity (Wildman–Crippen MR) is 109 cm³/mol. The van der Waals surface area contributed by atoms with Gasteiger partial charge in [-0.3, -0.25) is 9.59 Å². The first-order valence-electron chi connectivity index (χ1n) is 9.08. The van der Waals surface area contributed by atoms with Crippen LogP contribution in [0.1, 0.15) is 0 Å². The van der Waals surface area contributed by atoms with Crippen LogP contribution in [0.2, 0.25) is 0 Å². The Hall–Kier alpha value is -0.520. The average molecular weight is 405 g/mol. The maximum Gasteiger partial charge on any atom is 0.240 e. The Morgan fingerprint density at radius 2 is 1.04 bits per heavy atom. The molecule has 2 saturated heterocycles. The number of rotatable bonds is 7. The topological polar surface area (TPSA) is 99.1 Å². The second kappa shape index (κ2) is 10.7. The number of nitrogens with two attached hydrogens (primary N) is 2. The van der Waals surface area contributed by atoms with Crippen molar-refractivity contribution in [3.8, 4) is 0 Å². The van der Waals surface area contributed by atoms with E-state index in [1.165, 1.54) is 21.6 Å². The lowest BCUT2D eigenvalue weighted by molar-refractivity contribution is -0.134. The van der Waals surface area contributed by atoms with E-state index in [1.807, 2.05) is 9.80 Å². The zero-order valence-electron chi connectivity index (χ0n) is 15.8. The molecule has 2 aliphatic heterocycles. The van der Waals surface area contributed by atoms with Gasteiger partial charge in [0.25, 0.3) is 0 Å². The Bertz CT molecular complexity index is 426. The van der Waals surface area contributed by atoms with E-state index in [0.29, 0.717) is 11.5 Å². The third kappa shape index (κ3) is 6.58. The lowest BCUT2D eigenvalue weighted by Gasteiger charge is -2.34. The maximum atomic E-state index is 12.3. The van der Waals surface area contributed by atoms with E-state index in [2.05, 4.69) is 23.9 Å². The minimum absolute atomic E-state index is 0.0176. The molecule has 4 N–H and O–H groups in total. The Labute approximate surface area is 164 Å². The molecule has 2 atom stereocenters. The molecule has 0 saturated carbocycles. The Balaban J connectivity index is 1.61. The summed E-state index contributed by atoms with van der Waals surface area (Å²) in [7, 11) is 7.16. The standard InChI is InChI=1S/C16H32N6O2S2/c1-19-3-7-21(8-4-19)15(23)13(17)11-25-26-12-14(18)16(24)22-9-5-20(2)6-10-22/h13-14H,3-12,17-18H2,1-2H3/t13-,14-/m0/s1. The smallest absolute Gasteiger partial charge is 0.240 e. The van der Waals surface area contributed by atoms with Crippen molar-refractivity contribution < 1.29 is 9.59 Å². The summed E-state index contributed by atoms with van der Waals surface area (Å²) in [6, 6.07) is -0.999. The van der Waals surface area contributed by atoms with Crippen LogP contribution in [0.3, 0.4) is 0 Å². The van der Waals surface area contributed by atoms with Crippen LogP contribution >= 0.6 is 21.6 Å². The lowest BCUT2D eigenvalue weighted by atomic mass is 10.2. The maximum absolute atomic E-state index is 12.3. The first-order chi connectivity index (χ1) is 12.4.